The molecule has 242 valence electrons. The van der Waals surface area contributed by atoms with E-state index >= 15 is 0 Å². The van der Waals surface area contributed by atoms with Gasteiger partial charge in [-0.2, -0.15) is 0 Å². The van der Waals surface area contributed by atoms with Crippen molar-refractivity contribution in [1.29, 1.82) is 0 Å². The van der Waals surface area contributed by atoms with Crippen molar-refractivity contribution < 1.29 is 44.3 Å². The molecular weight excluding hydrogens is 606 g/mol. The zero-order valence-corrected chi connectivity index (χ0v) is 25.8. The number of primary amides is 1. The standard InChI is InChI=1S/C35H33N3O9/c1-38(2)28-23-15-18-14-22-21(16-4-8-19(9-5-16)37-34(45)17-6-10-20(47-3)11-7-17)12-13-24(39)26(22)29(40)25(18)31(42)35(23,46)32(43)27(30(28)41)33(36)44/h4-13,18,23,28,39,41-42,46H,14-15H2,1-3H3,(H2,36,44)(H,37,45)/t18-,23-,28?,35-/m0/s1. The Morgan fingerprint density at radius 3 is 2.23 bits per heavy atom. The molecule has 47 heavy (non-hydrogen) atoms. The number of carbonyl (C=O) groups excluding carboxylic acids is 4. The van der Waals surface area contributed by atoms with Gasteiger partial charge in [0, 0.05) is 22.7 Å². The first-order chi connectivity index (χ1) is 22.3. The van der Waals surface area contributed by atoms with Gasteiger partial charge in [-0.25, -0.2) is 0 Å². The Hall–Kier alpha value is -5.46. The first kappa shape index (κ1) is 31.5. The highest BCUT2D eigenvalue weighted by molar-refractivity contribution is 6.25. The number of rotatable bonds is 6. The lowest BCUT2D eigenvalue weighted by atomic mass is 9.58. The van der Waals surface area contributed by atoms with Gasteiger partial charge < -0.3 is 36.2 Å². The minimum Gasteiger partial charge on any atom is -0.510 e. The maximum atomic E-state index is 14.0. The van der Waals surface area contributed by atoms with E-state index in [4.69, 9.17) is 10.5 Å². The third kappa shape index (κ3) is 4.84. The Bertz CT molecular complexity index is 1910. The number of phenols is 1. The number of nitrogens with zero attached hydrogens (tertiary/aromatic N) is 1. The van der Waals surface area contributed by atoms with Crippen molar-refractivity contribution in [3.05, 3.63) is 100 Å². The highest BCUT2D eigenvalue weighted by Crippen LogP contribution is 2.53. The number of phenolic OH excluding ortho intramolecular Hbond substituents is 1. The number of methoxy groups -OCH3 is 1. The van der Waals surface area contributed by atoms with Gasteiger partial charge in [-0.3, -0.25) is 24.1 Å². The predicted octanol–water partition coefficient (Wildman–Crippen LogP) is 3.05. The van der Waals surface area contributed by atoms with Crippen LogP contribution in [0.15, 0.2) is 83.3 Å². The smallest absolute Gasteiger partial charge is 0.255 e. The number of aromatic hydroxyl groups is 1. The molecule has 3 aliphatic rings. The number of fused-ring (bicyclic) bond motifs is 3. The van der Waals surface area contributed by atoms with Crippen molar-refractivity contribution in [2.24, 2.45) is 17.6 Å². The summed E-state index contributed by atoms with van der Waals surface area (Å²) < 4.78 is 5.14. The third-order valence-electron chi connectivity index (χ3n) is 9.41. The molecule has 3 aromatic carbocycles. The van der Waals surface area contributed by atoms with E-state index in [1.165, 1.54) is 18.1 Å². The number of anilines is 1. The van der Waals surface area contributed by atoms with Crippen LogP contribution in [0.5, 0.6) is 11.5 Å². The van der Waals surface area contributed by atoms with Crippen molar-refractivity contribution >= 4 is 29.1 Å². The van der Waals surface area contributed by atoms with Gasteiger partial charge in [0.25, 0.3) is 11.8 Å². The Balaban J connectivity index is 1.37. The summed E-state index contributed by atoms with van der Waals surface area (Å²) in [6.45, 7) is 0. The number of aliphatic hydroxyl groups excluding tert-OH is 2. The summed E-state index contributed by atoms with van der Waals surface area (Å²) in [5.41, 5.74) is 4.30. The fraction of sp³-hybridized carbons (Fsp3) is 0.257. The fourth-order valence-electron chi connectivity index (χ4n) is 7.20. The number of ketones is 2. The Kier molecular flexibility index (Phi) is 7.65. The molecular formula is C35H33N3O9. The molecule has 0 aliphatic heterocycles. The van der Waals surface area contributed by atoms with Crippen molar-refractivity contribution in [3.63, 3.8) is 0 Å². The normalized spacial score (nSPS) is 23.6. The predicted molar refractivity (Wildman–Crippen MR) is 170 cm³/mol. The van der Waals surface area contributed by atoms with Crippen LogP contribution in [0.3, 0.4) is 0 Å². The Labute approximate surface area is 269 Å². The van der Waals surface area contributed by atoms with E-state index in [0.717, 1.165) is 0 Å². The molecule has 0 bridgehead atoms. The Morgan fingerprint density at radius 1 is 0.979 bits per heavy atom. The highest BCUT2D eigenvalue weighted by atomic mass is 16.5. The summed E-state index contributed by atoms with van der Waals surface area (Å²) in [7, 11) is 4.69. The van der Waals surface area contributed by atoms with Crippen LogP contribution in [0.4, 0.5) is 5.69 Å². The molecule has 4 atom stereocenters. The van der Waals surface area contributed by atoms with Gasteiger partial charge in [-0.05, 0) is 92.0 Å². The van der Waals surface area contributed by atoms with Crippen LogP contribution in [-0.2, 0) is 16.0 Å². The van der Waals surface area contributed by atoms with E-state index in [-0.39, 0.29) is 35.6 Å². The van der Waals surface area contributed by atoms with Crippen molar-refractivity contribution in [2.75, 3.05) is 26.5 Å². The quantitative estimate of drug-likeness (QED) is 0.218. The maximum absolute atomic E-state index is 14.0. The fourth-order valence-corrected chi connectivity index (χ4v) is 7.20. The molecule has 0 spiro atoms. The lowest BCUT2D eigenvalue weighted by Gasteiger charge is -2.50. The summed E-state index contributed by atoms with van der Waals surface area (Å²) in [4.78, 5) is 53.9. The minimum absolute atomic E-state index is 0.0167. The van der Waals surface area contributed by atoms with Crippen LogP contribution in [0.2, 0.25) is 0 Å². The number of Topliss-reactive ketones (excluding diaryl/α,β-unsaturated/α-hetero) is 2. The molecule has 6 rings (SSSR count). The van der Waals surface area contributed by atoms with Gasteiger partial charge in [0.05, 0.1) is 18.7 Å². The van der Waals surface area contributed by atoms with Crippen LogP contribution in [0.25, 0.3) is 11.1 Å². The topological polar surface area (TPSA) is 200 Å². The number of benzene rings is 3. The van der Waals surface area contributed by atoms with Gasteiger partial charge in [-0.15, -0.1) is 0 Å². The number of likely N-dealkylation sites (N-methyl/N-ethyl adjacent to an activating group) is 1. The summed E-state index contributed by atoms with van der Waals surface area (Å²) in [5.74, 6) is -6.74. The largest absolute Gasteiger partial charge is 0.510 e. The minimum atomic E-state index is -2.70. The third-order valence-corrected chi connectivity index (χ3v) is 9.41. The lowest BCUT2D eigenvalue weighted by molar-refractivity contribution is -0.148. The first-order valence-electron chi connectivity index (χ1n) is 14.8. The molecule has 0 heterocycles. The number of amides is 2. The monoisotopic (exact) mass is 639 g/mol. The van der Waals surface area contributed by atoms with Crippen LogP contribution < -0.4 is 15.8 Å². The van der Waals surface area contributed by atoms with E-state index < -0.39 is 58.0 Å². The zero-order valence-electron chi connectivity index (χ0n) is 25.8. The van der Waals surface area contributed by atoms with E-state index in [0.29, 0.717) is 33.7 Å². The first-order valence-corrected chi connectivity index (χ1v) is 14.8. The average molecular weight is 640 g/mol. The van der Waals surface area contributed by atoms with E-state index in [1.807, 2.05) is 0 Å². The van der Waals surface area contributed by atoms with E-state index in [9.17, 15) is 39.6 Å². The number of carbonyl (C=O) groups is 4. The molecule has 0 fully saturated rings. The zero-order chi connectivity index (χ0) is 33.9. The molecule has 0 saturated heterocycles. The van der Waals surface area contributed by atoms with Crippen molar-refractivity contribution in [1.82, 2.24) is 4.90 Å². The van der Waals surface area contributed by atoms with Crippen LogP contribution in [0.1, 0.15) is 32.7 Å². The van der Waals surface area contributed by atoms with Gasteiger partial charge in [0.1, 0.15) is 28.6 Å². The molecule has 0 aromatic heterocycles. The van der Waals surface area contributed by atoms with Gasteiger partial charge >= 0.3 is 0 Å². The second kappa shape index (κ2) is 11.4. The summed E-state index contributed by atoms with van der Waals surface area (Å²) >= 11 is 0. The van der Waals surface area contributed by atoms with Gasteiger partial charge in [-0.1, -0.05) is 18.2 Å². The molecule has 7 N–H and O–H groups in total. The molecule has 3 aliphatic carbocycles. The van der Waals surface area contributed by atoms with Crippen molar-refractivity contribution in [2.45, 2.75) is 24.5 Å². The molecule has 3 aromatic rings. The number of allylic oxidation sites excluding steroid dienone is 1. The second-order valence-electron chi connectivity index (χ2n) is 12.2. The summed E-state index contributed by atoms with van der Waals surface area (Å²) in [5, 5.41) is 47.9. The Morgan fingerprint density at radius 2 is 1.64 bits per heavy atom. The van der Waals surface area contributed by atoms with Gasteiger partial charge in [0.2, 0.25) is 5.78 Å². The molecule has 12 heteroatoms. The number of hydrogen-bond acceptors (Lipinski definition) is 10. The highest BCUT2D eigenvalue weighted by Gasteiger charge is 2.63. The summed E-state index contributed by atoms with van der Waals surface area (Å²) in [6.07, 6.45) is 0.130. The molecule has 0 radical (unpaired) electrons. The molecule has 2 amide bonds. The molecule has 12 nitrogen and oxygen atoms in total. The number of nitrogens with two attached hydrogens (primary N) is 1. The van der Waals surface area contributed by atoms with E-state index in [2.05, 4.69) is 5.32 Å². The number of nitrogens with one attached hydrogen (secondary N) is 1. The van der Waals surface area contributed by atoms with Crippen LogP contribution in [-0.4, -0.2) is 81.6 Å². The number of hydrogen-bond donors (Lipinski definition) is 6. The number of aliphatic hydroxyl groups is 3. The van der Waals surface area contributed by atoms with E-state index in [1.54, 1.807) is 68.7 Å². The van der Waals surface area contributed by atoms with Crippen LogP contribution in [0, 0.1) is 11.8 Å². The average Bonchev–Trinajstić information content (AvgIpc) is 3.03. The summed E-state index contributed by atoms with van der Waals surface area (Å²) in [6, 6.07) is 15.5. The van der Waals surface area contributed by atoms with Crippen LogP contribution >= 0.6 is 0 Å². The second-order valence-corrected chi connectivity index (χ2v) is 12.2. The molecule has 0 saturated carbocycles. The number of ether oxygens (including phenoxy) is 1. The lowest BCUT2D eigenvalue weighted by Crippen LogP contribution is -2.63. The maximum Gasteiger partial charge on any atom is 0.255 e. The SMILES string of the molecule is COc1ccc(C(=O)Nc2ccc(-c3ccc(O)c4c3C[C@H]3C[C@H]5C(N(C)C)C(O)=C(C(N)=O)C(=O)[C@@]5(O)C(O)=C3C4=O)cc2)cc1. The van der Waals surface area contributed by atoms with Gasteiger partial charge in [0.15, 0.2) is 11.4 Å². The van der Waals surface area contributed by atoms with Crippen molar-refractivity contribution in [3.8, 4) is 22.6 Å². The molecule has 1 unspecified atom stereocenters.